The zero-order valence-corrected chi connectivity index (χ0v) is 20.4. The smallest absolute Gasteiger partial charge is 0.246 e. The van der Waals surface area contributed by atoms with Crippen molar-refractivity contribution < 1.29 is 24.0 Å². The highest BCUT2D eigenvalue weighted by Gasteiger charge is 2.40. The molecular weight excluding hydrogens is 450 g/mol. The first-order chi connectivity index (χ1) is 16.8. The fraction of sp³-hybridized carbons (Fsp3) is 0.800. The van der Waals surface area contributed by atoms with Gasteiger partial charge in [-0.25, -0.2) is 0 Å². The highest BCUT2D eigenvalue weighted by Crippen LogP contribution is 2.43. The van der Waals surface area contributed by atoms with Crippen LogP contribution in [0.2, 0.25) is 0 Å². The molecule has 2 aliphatic heterocycles. The number of carbonyl (C=O) groups excluding carboxylic acids is 5. The standard InChI is InChI=1S/C25H39N5O5/c26-21(31)13-19(29-23(33)18-10-11-22(32)28-18)25(35)30-12-4-9-20(30)24(34)27-14-16-7-3-6-15-5-1-2-8-17(15)16/h15-20H,1-14H2,(H2,26,31)(H,27,34)(H,28,32)(H,29,33). The molecule has 5 N–H and O–H groups in total. The van der Waals surface area contributed by atoms with Crippen molar-refractivity contribution in [3.63, 3.8) is 0 Å². The van der Waals surface area contributed by atoms with Crippen molar-refractivity contribution in [2.24, 2.45) is 23.5 Å². The molecule has 0 aromatic carbocycles. The van der Waals surface area contributed by atoms with Crippen LogP contribution in [0.5, 0.6) is 0 Å². The highest BCUT2D eigenvalue weighted by atomic mass is 16.2. The quantitative estimate of drug-likeness (QED) is 0.388. The Morgan fingerprint density at radius 1 is 0.971 bits per heavy atom. The minimum Gasteiger partial charge on any atom is -0.370 e. The molecule has 0 aromatic heterocycles. The van der Waals surface area contributed by atoms with Gasteiger partial charge < -0.3 is 26.6 Å². The van der Waals surface area contributed by atoms with Gasteiger partial charge >= 0.3 is 0 Å². The minimum atomic E-state index is -1.16. The SMILES string of the molecule is NC(=O)CC(NC(=O)C1CCC(=O)N1)C(=O)N1CCCC1C(=O)NCC1CCCC2CCCCC21. The van der Waals surface area contributed by atoms with Crippen LogP contribution < -0.4 is 21.7 Å². The third-order valence-corrected chi connectivity index (χ3v) is 8.43. The summed E-state index contributed by atoms with van der Waals surface area (Å²) in [6.45, 7) is 1.03. The molecule has 0 radical (unpaired) electrons. The molecule has 4 fully saturated rings. The number of likely N-dealkylation sites (tertiary alicyclic amines) is 1. The summed E-state index contributed by atoms with van der Waals surface area (Å²) in [5.41, 5.74) is 5.35. The molecule has 2 saturated heterocycles. The van der Waals surface area contributed by atoms with E-state index in [4.69, 9.17) is 5.73 Å². The van der Waals surface area contributed by atoms with Crippen molar-refractivity contribution in [3.8, 4) is 0 Å². The van der Waals surface area contributed by atoms with E-state index in [-0.39, 0.29) is 24.7 Å². The van der Waals surface area contributed by atoms with Gasteiger partial charge in [0.25, 0.3) is 0 Å². The van der Waals surface area contributed by atoms with E-state index in [1.165, 1.54) is 43.4 Å². The van der Waals surface area contributed by atoms with Gasteiger partial charge in [-0.1, -0.05) is 32.1 Å². The third kappa shape index (κ3) is 6.13. The third-order valence-electron chi connectivity index (χ3n) is 8.43. The molecule has 0 bridgehead atoms. The Hall–Kier alpha value is -2.65. The number of nitrogens with zero attached hydrogens (tertiary/aromatic N) is 1. The normalized spacial score (nSPS) is 31.3. The second-order valence-corrected chi connectivity index (χ2v) is 10.7. The number of amides is 5. The summed E-state index contributed by atoms with van der Waals surface area (Å²) >= 11 is 0. The van der Waals surface area contributed by atoms with E-state index in [9.17, 15) is 24.0 Å². The molecule has 10 nitrogen and oxygen atoms in total. The first kappa shape index (κ1) is 25.4. The van der Waals surface area contributed by atoms with Gasteiger partial charge in [-0.3, -0.25) is 24.0 Å². The molecule has 2 heterocycles. The van der Waals surface area contributed by atoms with Crippen LogP contribution in [-0.4, -0.2) is 65.7 Å². The number of carbonyl (C=O) groups is 5. The van der Waals surface area contributed by atoms with Crippen LogP contribution in [0.15, 0.2) is 0 Å². The van der Waals surface area contributed by atoms with Crippen molar-refractivity contribution in [3.05, 3.63) is 0 Å². The first-order valence-corrected chi connectivity index (χ1v) is 13.3. The zero-order chi connectivity index (χ0) is 24.9. The largest absolute Gasteiger partial charge is 0.370 e. The number of primary amides is 1. The van der Waals surface area contributed by atoms with Gasteiger partial charge in [-0.05, 0) is 49.9 Å². The van der Waals surface area contributed by atoms with Crippen LogP contribution >= 0.6 is 0 Å². The lowest BCUT2D eigenvalue weighted by molar-refractivity contribution is -0.142. The molecule has 10 heteroatoms. The van der Waals surface area contributed by atoms with Gasteiger partial charge in [0.2, 0.25) is 29.5 Å². The van der Waals surface area contributed by atoms with E-state index in [0.29, 0.717) is 44.2 Å². The fourth-order valence-corrected chi connectivity index (χ4v) is 6.66. The molecule has 5 amide bonds. The monoisotopic (exact) mass is 489 g/mol. The van der Waals surface area contributed by atoms with Crippen LogP contribution in [0.1, 0.15) is 77.0 Å². The van der Waals surface area contributed by atoms with Crippen LogP contribution in [0.3, 0.4) is 0 Å². The predicted octanol–water partition coefficient (Wildman–Crippen LogP) is 0.339. The molecule has 2 aliphatic carbocycles. The first-order valence-electron chi connectivity index (χ1n) is 13.3. The summed E-state index contributed by atoms with van der Waals surface area (Å²) < 4.78 is 0. The van der Waals surface area contributed by atoms with E-state index < -0.39 is 35.8 Å². The number of fused-ring (bicyclic) bond motifs is 1. The predicted molar refractivity (Wildman–Crippen MR) is 127 cm³/mol. The molecule has 35 heavy (non-hydrogen) atoms. The summed E-state index contributed by atoms with van der Waals surface area (Å²) in [4.78, 5) is 63.6. The minimum absolute atomic E-state index is 0.166. The Kier molecular flexibility index (Phi) is 8.28. The lowest BCUT2D eigenvalue weighted by atomic mass is 9.65. The van der Waals surface area contributed by atoms with E-state index in [1.54, 1.807) is 0 Å². The Morgan fingerprint density at radius 2 is 1.74 bits per heavy atom. The van der Waals surface area contributed by atoms with Crippen molar-refractivity contribution in [1.29, 1.82) is 0 Å². The molecule has 6 atom stereocenters. The fourth-order valence-electron chi connectivity index (χ4n) is 6.66. The van der Waals surface area contributed by atoms with Gasteiger partial charge in [-0.15, -0.1) is 0 Å². The van der Waals surface area contributed by atoms with Crippen molar-refractivity contribution >= 4 is 29.5 Å². The average molecular weight is 490 g/mol. The molecule has 0 aromatic rings. The van der Waals surface area contributed by atoms with E-state index >= 15 is 0 Å². The van der Waals surface area contributed by atoms with E-state index in [0.717, 1.165) is 12.3 Å². The van der Waals surface area contributed by atoms with Crippen molar-refractivity contribution in [1.82, 2.24) is 20.9 Å². The summed E-state index contributed by atoms with van der Waals surface area (Å²) in [6.07, 6.45) is 10.2. The summed E-state index contributed by atoms with van der Waals surface area (Å²) in [5, 5.41) is 8.27. The maximum Gasteiger partial charge on any atom is 0.246 e. The number of hydrogen-bond donors (Lipinski definition) is 4. The summed E-state index contributed by atoms with van der Waals surface area (Å²) in [5.74, 6) is -0.153. The molecule has 4 aliphatic rings. The topological polar surface area (TPSA) is 151 Å². The van der Waals surface area contributed by atoms with E-state index in [1.807, 2.05) is 0 Å². The maximum atomic E-state index is 13.3. The lowest BCUT2D eigenvalue weighted by Gasteiger charge is -2.41. The number of nitrogens with two attached hydrogens (primary N) is 1. The summed E-state index contributed by atoms with van der Waals surface area (Å²) in [7, 11) is 0. The van der Waals surface area contributed by atoms with Crippen LogP contribution in [0.25, 0.3) is 0 Å². The molecule has 6 unspecified atom stereocenters. The number of nitrogens with one attached hydrogen (secondary N) is 3. The maximum absolute atomic E-state index is 13.3. The van der Waals surface area contributed by atoms with Crippen molar-refractivity contribution in [2.45, 2.75) is 95.2 Å². The van der Waals surface area contributed by atoms with Gasteiger partial charge in [0.1, 0.15) is 18.1 Å². The Morgan fingerprint density at radius 3 is 2.49 bits per heavy atom. The van der Waals surface area contributed by atoms with Gasteiger partial charge in [0.15, 0.2) is 0 Å². The van der Waals surface area contributed by atoms with Crippen molar-refractivity contribution in [2.75, 3.05) is 13.1 Å². The van der Waals surface area contributed by atoms with Gasteiger partial charge in [0, 0.05) is 19.5 Å². The zero-order valence-electron chi connectivity index (χ0n) is 20.4. The second kappa shape index (κ2) is 11.4. The van der Waals surface area contributed by atoms with Crippen LogP contribution in [0.4, 0.5) is 0 Å². The number of hydrogen-bond acceptors (Lipinski definition) is 5. The van der Waals surface area contributed by atoms with Gasteiger partial charge in [-0.2, -0.15) is 0 Å². The average Bonchev–Trinajstić information content (AvgIpc) is 3.51. The Bertz CT molecular complexity index is 846. The number of rotatable bonds is 8. The highest BCUT2D eigenvalue weighted by molar-refractivity contribution is 5.97. The molecule has 2 saturated carbocycles. The Balaban J connectivity index is 1.35. The summed E-state index contributed by atoms with van der Waals surface area (Å²) in [6, 6.07) is -2.51. The van der Waals surface area contributed by atoms with Crippen LogP contribution in [-0.2, 0) is 24.0 Å². The van der Waals surface area contributed by atoms with Gasteiger partial charge in [0.05, 0.1) is 6.42 Å². The molecular formula is C25H39N5O5. The second-order valence-electron chi connectivity index (χ2n) is 10.7. The molecule has 4 rings (SSSR count). The molecule has 0 spiro atoms. The Labute approximate surface area is 206 Å². The lowest BCUT2D eigenvalue weighted by Crippen LogP contribution is -2.56. The van der Waals surface area contributed by atoms with E-state index in [2.05, 4.69) is 16.0 Å². The van der Waals surface area contributed by atoms with Crippen LogP contribution in [0, 0.1) is 17.8 Å². The molecule has 194 valence electrons.